The lowest BCUT2D eigenvalue weighted by Crippen LogP contribution is -2.51. The zero-order valence-corrected chi connectivity index (χ0v) is 21.7. The first kappa shape index (κ1) is 26.2. The maximum Gasteiger partial charge on any atom is 0.261 e. The third-order valence-corrected chi connectivity index (χ3v) is 6.08. The molecule has 0 bridgehead atoms. The van der Waals surface area contributed by atoms with E-state index in [-0.39, 0.29) is 31.0 Å². The van der Waals surface area contributed by atoms with Crippen LogP contribution in [0.2, 0.25) is 5.02 Å². The topological polar surface area (TPSA) is 58.6 Å². The van der Waals surface area contributed by atoms with E-state index in [2.05, 4.69) is 35.1 Å². The molecule has 0 aromatic heterocycles. The van der Waals surface area contributed by atoms with Gasteiger partial charge in [0.25, 0.3) is 5.91 Å². The third-order valence-electron chi connectivity index (χ3n) is 5.09. The Morgan fingerprint density at radius 1 is 1.12 bits per heavy atom. The second kappa shape index (κ2) is 12.3. The van der Waals surface area contributed by atoms with Crippen LogP contribution >= 0.6 is 27.5 Å². The second-order valence-electron chi connectivity index (χ2n) is 8.33. The molecule has 0 radical (unpaired) electrons. The van der Waals surface area contributed by atoms with E-state index < -0.39 is 6.04 Å². The van der Waals surface area contributed by atoms with Gasteiger partial charge in [-0.1, -0.05) is 56.6 Å². The van der Waals surface area contributed by atoms with Crippen molar-refractivity contribution in [1.29, 1.82) is 0 Å². The maximum atomic E-state index is 13.3. The van der Waals surface area contributed by atoms with Gasteiger partial charge in [-0.2, -0.15) is 0 Å². The molecule has 2 amide bonds. The molecule has 32 heavy (non-hydrogen) atoms. The number of halogens is 2. The summed E-state index contributed by atoms with van der Waals surface area (Å²) in [6, 6.07) is 12.5. The van der Waals surface area contributed by atoms with Gasteiger partial charge >= 0.3 is 0 Å². The number of ether oxygens (including phenoxy) is 1. The van der Waals surface area contributed by atoms with Crippen LogP contribution in [0.3, 0.4) is 0 Å². The first-order chi connectivity index (χ1) is 15.1. The van der Waals surface area contributed by atoms with Crippen LogP contribution in [0.1, 0.15) is 58.1 Å². The average Bonchev–Trinajstić information content (AvgIpc) is 2.73. The fraction of sp³-hybridized carbons (Fsp3) is 0.440. The first-order valence-corrected chi connectivity index (χ1v) is 12.1. The van der Waals surface area contributed by atoms with Gasteiger partial charge in [0.1, 0.15) is 11.8 Å². The molecule has 0 aliphatic carbocycles. The van der Waals surface area contributed by atoms with Crippen molar-refractivity contribution in [3.8, 4) is 5.75 Å². The summed E-state index contributed by atoms with van der Waals surface area (Å²) in [4.78, 5) is 27.7. The summed E-state index contributed by atoms with van der Waals surface area (Å²) < 4.78 is 6.63. The fourth-order valence-corrected chi connectivity index (χ4v) is 4.03. The molecule has 7 heteroatoms. The SMILES string of the molecule is CC[C@H](C(=O)NC(C)C)N(Cc1ccccc1Cl)C(=O)COc1ccc(C(C)C)cc1Br. The number of amides is 2. The summed E-state index contributed by atoms with van der Waals surface area (Å²) in [5.74, 6) is 0.499. The van der Waals surface area contributed by atoms with Crippen LogP contribution in [0.25, 0.3) is 0 Å². The van der Waals surface area contributed by atoms with E-state index in [1.165, 1.54) is 5.56 Å². The van der Waals surface area contributed by atoms with Crippen molar-refractivity contribution in [2.24, 2.45) is 0 Å². The number of rotatable bonds is 10. The van der Waals surface area contributed by atoms with Gasteiger partial charge in [0.2, 0.25) is 5.91 Å². The zero-order valence-electron chi connectivity index (χ0n) is 19.3. The molecule has 0 aliphatic heterocycles. The monoisotopic (exact) mass is 522 g/mol. The molecule has 0 unspecified atom stereocenters. The fourth-order valence-electron chi connectivity index (χ4n) is 3.33. The number of benzene rings is 2. The summed E-state index contributed by atoms with van der Waals surface area (Å²) >= 11 is 9.87. The van der Waals surface area contributed by atoms with Gasteiger partial charge in [-0.05, 0) is 71.4 Å². The predicted molar refractivity (Wildman–Crippen MR) is 133 cm³/mol. The molecule has 174 valence electrons. The van der Waals surface area contributed by atoms with Crippen LogP contribution in [0, 0.1) is 0 Å². The Morgan fingerprint density at radius 3 is 2.38 bits per heavy atom. The Labute approximate surface area is 204 Å². The van der Waals surface area contributed by atoms with Gasteiger partial charge in [-0.25, -0.2) is 0 Å². The Bertz CT molecular complexity index is 933. The van der Waals surface area contributed by atoms with E-state index in [0.29, 0.717) is 23.1 Å². The van der Waals surface area contributed by atoms with E-state index >= 15 is 0 Å². The number of carbonyl (C=O) groups is 2. The smallest absolute Gasteiger partial charge is 0.261 e. The van der Waals surface area contributed by atoms with E-state index in [9.17, 15) is 9.59 Å². The Balaban J connectivity index is 2.24. The normalized spacial score (nSPS) is 12.0. The summed E-state index contributed by atoms with van der Waals surface area (Å²) in [6.45, 7) is 9.95. The Kier molecular flexibility index (Phi) is 10.0. The van der Waals surface area contributed by atoms with E-state index in [1.807, 2.05) is 57.2 Å². The van der Waals surface area contributed by atoms with Gasteiger partial charge in [0.15, 0.2) is 6.61 Å². The number of nitrogens with zero attached hydrogens (tertiary/aromatic N) is 1. The molecule has 1 N–H and O–H groups in total. The van der Waals surface area contributed by atoms with Crippen LogP contribution in [-0.4, -0.2) is 35.4 Å². The Hall–Kier alpha value is -2.05. The lowest BCUT2D eigenvalue weighted by atomic mass is 10.0. The van der Waals surface area contributed by atoms with Crippen molar-refractivity contribution in [2.45, 2.75) is 65.6 Å². The lowest BCUT2D eigenvalue weighted by Gasteiger charge is -2.31. The molecule has 0 spiro atoms. The van der Waals surface area contributed by atoms with Crippen molar-refractivity contribution >= 4 is 39.3 Å². The average molecular weight is 524 g/mol. The molecule has 1 atom stereocenters. The van der Waals surface area contributed by atoms with Gasteiger partial charge in [-0.15, -0.1) is 0 Å². The molecule has 0 aliphatic rings. The molecular formula is C25H32BrClN2O3. The predicted octanol–water partition coefficient (Wildman–Crippen LogP) is 5.94. The van der Waals surface area contributed by atoms with Crippen LogP contribution in [0.5, 0.6) is 5.75 Å². The number of hydrogen-bond acceptors (Lipinski definition) is 3. The molecule has 2 aromatic rings. The summed E-state index contributed by atoms with van der Waals surface area (Å²) in [5.41, 5.74) is 1.95. The van der Waals surface area contributed by atoms with Crippen LogP contribution in [0.15, 0.2) is 46.9 Å². The lowest BCUT2D eigenvalue weighted by molar-refractivity contribution is -0.143. The minimum Gasteiger partial charge on any atom is -0.483 e. The minimum absolute atomic E-state index is 0.0273. The second-order valence-corrected chi connectivity index (χ2v) is 9.60. The highest BCUT2D eigenvalue weighted by molar-refractivity contribution is 9.10. The molecule has 2 rings (SSSR count). The number of nitrogens with one attached hydrogen (secondary N) is 1. The highest BCUT2D eigenvalue weighted by Crippen LogP contribution is 2.29. The van der Waals surface area contributed by atoms with Crippen molar-refractivity contribution < 1.29 is 14.3 Å². The van der Waals surface area contributed by atoms with Crippen LogP contribution in [-0.2, 0) is 16.1 Å². The van der Waals surface area contributed by atoms with Gasteiger partial charge in [0.05, 0.1) is 4.47 Å². The first-order valence-electron chi connectivity index (χ1n) is 10.9. The van der Waals surface area contributed by atoms with Crippen LogP contribution < -0.4 is 10.1 Å². The van der Waals surface area contributed by atoms with Crippen molar-refractivity contribution in [3.63, 3.8) is 0 Å². The highest BCUT2D eigenvalue weighted by atomic mass is 79.9. The molecular weight excluding hydrogens is 492 g/mol. The maximum absolute atomic E-state index is 13.3. The molecule has 0 heterocycles. The van der Waals surface area contributed by atoms with Gasteiger partial charge < -0.3 is 15.0 Å². The molecule has 2 aromatic carbocycles. The summed E-state index contributed by atoms with van der Waals surface area (Å²) in [6.07, 6.45) is 0.474. The molecule has 0 saturated carbocycles. The molecule has 0 fully saturated rings. The van der Waals surface area contributed by atoms with E-state index in [1.54, 1.807) is 11.0 Å². The Morgan fingerprint density at radius 2 is 1.81 bits per heavy atom. The number of carbonyl (C=O) groups excluding carboxylic acids is 2. The van der Waals surface area contributed by atoms with Crippen LogP contribution in [0.4, 0.5) is 0 Å². The standard InChI is InChI=1S/C25H32BrClN2O3/c1-6-22(25(31)28-17(4)5)29(14-19-9-7-8-10-21(19)27)24(30)15-32-23-12-11-18(16(2)3)13-20(23)26/h7-13,16-17,22H,6,14-15H2,1-5H3,(H,28,31)/t22-/m1/s1. The minimum atomic E-state index is -0.628. The van der Waals surface area contributed by atoms with Gasteiger partial charge in [0, 0.05) is 17.6 Å². The highest BCUT2D eigenvalue weighted by Gasteiger charge is 2.29. The number of hydrogen-bond donors (Lipinski definition) is 1. The van der Waals surface area contributed by atoms with Crippen molar-refractivity contribution in [3.05, 3.63) is 63.1 Å². The third kappa shape index (κ3) is 7.24. The van der Waals surface area contributed by atoms with E-state index in [4.69, 9.17) is 16.3 Å². The zero-order chi connectivity index (χ0) is 23.8. The molecule has 0 saturated heterocycles. The summed E-state index contributed by atoms with van der Waals surface area (Å²) in [7, 11) is 0. The van der Waals surface area contributed by atoms with Gasteiger partial charge in [-0.3, -0.25) is 9.59 Å². The van der Waals surface area contributed by atoms with Crippen molar-refractivity contribution in [2.75, 3.05) is 6.61 Å². The molecule has 5 nitrogen and oxygen atoms in total. The summed E-state index contributed by atoms with van der Waals surface area (Å²) in [5, 5.41) is 3.47. The quantitative estimate of drug-likeness (QED) is 0.419. The van der Waals surface area contributed by atoms with E-state index in [0.717, 1.165) is 10.0 Å². The van der Waals surface area contributed by atoms with Crippen molar-refractivity contribution in [1.82, 2.24) is 10.2 Å². The largest absolute Gasteiger partial charge is 0.483 e.